The Hall–Kier alpha value is -2.87. The van der Waals surface area contributed by atoms with Crippen LogP contribution in [0.15, 0.2) is 54.3 Å². The summed E-state index contributed by atoms with van der Waals surface area (Å²) in [7, 11) is 0. The second-order valence-corrected chi connectivity index (χ2v) is 6.02. The van der Waals surface area contributed by atoms with Crippen molar-refractivity contribution in [1.82, 2.24) is 19.7 Å². The summed E-state index contributed by atoms with van der Waals surface area (Å²) >= 11 is 1.05. The molecule has 0 radical (unpaired) electrons. The van der Waals surface area contributed by atoms with Crippen molar-refractivity contribution in [3.8, 4) is 5.75 Å². The highest BCUT2D eigenvalue weighted by Crippen LogP contribution is 2.24. The lowest BCUT2D eigenvalue weighted by Gasteiger charge is -2.10. The maximum absolute atomic E-state index is 10.6. The Kier molecular flexibility index (Phi) is 5.30. The second kappa shape index (κ2) is 7.80. The van der Waals surface area contributed by atoms with Gasteiger partial charge in [-0.25, -0.2) is 0 Å². The minimum Gasteiger partial charge on any atom is -0.549 e. The van der Waals surface area contributed by atoms with Gasteiger partial charge in [-0.3, -0.25) is 9.55 Å². The van der Waals surface area contributed by atoms with E-state index in [1.807, 2.05) is 30.3 Å². The molecule has 0 amide bonds. The zero-order chi connectivity index (χ0) is 17.6. The number of ether oxygens (including phenoxy) is 1. The molecule has 0 atom stereocenters. The Morgan fingerprint density at radius 2 is 2.16 bits per heavy atom. The number of hydrogen-bond acceptors (Lipinski definition) is 7. The van der Waals surface area contributed by atoms with Gasteiger partial charge in [0.05, 0.1) is 5.97 Å². The number of carboxylic acids is 1. The summed E-state index contributed by atoms with van der Waals surface area (Å²) in [6, 6.07) is 9.53. The molecule has 0 saturated carbocycles. The highest BCUT2D eigenvalue weighted by atomic mass is 32.2. The van der Waals surface area contributed by atoms with E-state index in [1.165, 1.54) is 0 Å². The van der Waals surface area contributed by atoms with Gasteiger partial charge in [0.2, 0.25) is 0 Å². The Balaban J connectivity index is 1.80. The third-order valence-electron chi connectivity index (χ3n) is 3.38. The van der Waals surface area contributed by atoms with Gasteiger partial charge in [-0.05, 0) is 12.1 Å². The number of hydrogen-bond donors (Lipinski definition) is 0. The minimum absolute atomic E-state index is 0.183. The van der Waals surface area contributed by atoms with Crippen molar-refractivity contribution in [2.24, 2.45) is 0 Å². The molecule has 3 rings (SSSR count). The van der Waals surface area contributed by atoms with Crippen molar-refractivity contribution in [2.45, 2.75) is 18.3 Å². The van der Waals surface area contributed by atoms with Crippen molar-refractivity contribution in [1.29, 1.82) is 0 Å². The van der Waals surface area contributed by atoms with Crippen molar-refractivity contribution >= 4 is 28.6 Å². The van der Waals surface area contributed by atoms with Gasteiger partial charge < -0.3 is 14.6 Å². The van der Waals surface area contributed by atoms with Crippen LogP contribution >= 0.6 is 11.8 Å². The first-order valence-electron chi connectivity index (χ1n) is 7.51. The number of benzene rings is 1. The van der Waals surface area contributed by atoms with Crippen LogP contribution in [0, 0.1) is 0 Å². The van der Waals surface area contributed by atoms with Crippen molar-refractivity contribution < 1.29 is 14.6 Å². The van der Waals surface area contributed by atoms with Crippen LogP contribution in [0.2, 0.25) is 0 Å². The first-order chi connectivity index (χ1) is 12.2. The number of fused-ring (bicyclic) bond motifs is 1. The Morgan fingerprint density at radius 1 is 1.32 bits per heavy atom. The molecule has 7 nitrogen and oxygen atoms in total. The van der Waals surface area contributed by atoms with E-state index >= 15 is 0 Å². The van der Waals surface area contributed by atoms with Crippen LogP contribution < -0.4 is 9.84 Å². The summed E-state index contributed by atoms with van der Waals surface area (Å²) < 4.78 is 7.64. The molecule has 0 spiro atoms. The summed E-state index contributed by atoms with van der Waals surface area (Å²) in [6.45, 7) is 4.34. The molecule has 0 bridgehead atoms. The number of aliphatic carboxylic acids is 1. The van der Waals surface area contributed by atoms with Gasteiger partial charge in [0, 0.05) is 23.9 Å². The molecule has 0 aliphatic carbocycles. The summed E-state index contributed by atoms with van der Waals surface area (Å²) in [5.74, 6) is -0.120. The van der Waals surface area contributed by atoms with Gasteiger partial charge >= 0.3 is 0 Å². The fraction of sp³-hybridized carbons (Fsp3) is 0.176. The predicted molar refractivity (Wildman–Crippen MR) is 92.0 cm³/mol. The van der Waals surface area contributed by atoms with E-state index in [-0.39, 0.29) is 12.4 Å². The van der Waals surface area contributed by atoms with Gasteiger partial charge in [-0.1, -0.05) is 36.0 Å². The van der Waals surface area contributed by atoms with E-state index in [4.69, 9.17) is 4.74 Å². The van der Waals surface area contributed by atoms with Gasteiger partial charge in [-0.15, -0.1) is 16.8 Å². The maximum atomic E-state index is 10.6. The molecule has 0 fully saturated rings. The monoisotopic (exact) mass is 355 g/mol. The molecule has 2 aromatic heterocycles. The molecule has 0 N–H and O–H groups in total. The molecule has 2 heterocycles. The number of para-hydroxylation sites is 1. The number of carboxylic acid groups (broad SMARTS) is 1. The van der Waals surface area contributed by atoms with Crippen molar-refractivity contribution in [2.75, 3.05) is 5.75 Å². The molecule has 1 aromatic carbocycles. The van der Waals surface area contributed by atoms with E-state index in [0.717, 1.165) is 22.7 Å². The normalized spacial score (nSPS) is 10.7. The lowest BCUT2D eigenvalue weighted by molar-refractivity contribution is -0.301. The lowest BCUT2D eigenvalue weighted by atomic mass is 10.2. The summed E-state index contributed by atoms with van der Waals surface area (Å²) in [4.78, 5) is 15.0. The van der Waals surface area contributed by atoms with Crippen LogP contribution in [0.3, 0.4) is 0 Å². The standard InChI is InChI=1S/C17H16N4O3S/c1-2-9-21-14(19-20-17(21)25-11-15(22)23)10-24-13-7-3-5-12-6-4-8-18-16(12)13/h2-8H,1,9-11H2,(H,22,23)/p-1. The fourth-order valence-corrected chi connectivity index (χ4v) is 2.98. The van der Waals surface area contributed by atoms with Gasteiger partial charge in [0.15, 0.2) is 11.0 Å². The average molecular weight is 355 g/mol. The lowest BCUT2D eigenvalue weighted by Crippen LogP contribution is -2.24. The molecule has 25 heavy (non-hydrogen) atoms. The first-order valence-corrected chi connectivity index (χ1v) is 8.49. The van der Waals surface area contributed by atoms with Crippen LogP contribution in [0.1, 0.15) is 5.82 Å². The molecule has 8 heteroatoms. The van der Waals surface area contributed by atoms with E-state index in [1.54, 1.807) is 16.8 Å². The number of carbonyl (C=O) groups excluding carboxylic acids is 1. The average Bonchev–Trinajstić information content (AvgIpc) is 3.00. The summed E-state index contributed by atoms with van der Waals surface area (Å²) in [5, 5.41) is 20.2. The largest absolute Gasteiger partial charge is 0.549 e. The van der Waals surface area contributed by atoms with Gasteiger partial charge in [0.1, 0.15) is 17.9 Å². The van der Waals surface area contributed by atoms with Crippen LogP contribution in [-0.2, 0) is 17.9 Å². The van der Waals surface area contributed by atoms with Crippen molar-refractivity contribution in [3.05, 3.63) is 55.0 Å². The van der Waals surface area contributed by atoms with Crippen LogP contribution in [0.25, 0.3) is 10.9 Å². The maximum Gasteiger partial charge on any atom is 0.191 e. The summed E-state index contributed by atoms with van der Waals surface area (Å²) in [6.07, 6.45) is 3.40. The van der Waals surface area contributed by atoms with Crippen LogP contribution in [0.5, 0.6) is 5.75 Å². The topological polar surface area (TPSA) is 93.0 Å². The molecule has 3 aromatic rings. The molecule has 0 saturated heterocycles. The van der Waals surface area contributed by atoms with E-state index < -0.39 is 5.97 Å². The zero-order valence-electron chi connectivity index (χ0n) is 13.3. The quantitative estimate of drug-likeness (QED) is 0.446. The van der Waals surface area contributed by atoms with Crippen LogP contribution in [0.4, 0.5) is 0 Å². The van der Waals surface area contributed by atoms with E-state index in [9.17, 15) is 9.90 Å². The molecular weight excluding hydrogens is 340 g/mol. The zero-order valence-corrected chi connectivity index (χ0v) is 14.1. The highest BCUT2D eigenvalue weighted by Gasteiger charge is 2.13. The molecule has 0 aliphatic heterocycles. The van der Waals surface area contributed by atoms with Crippen molar-refractivity contribution in [3.63, 3.8) is 0 Å². The predicted octanol–water partition coefficient (Wildman–Crippen LogP) is 1.43. The number of rotatable bonds is 8. The Bertz CT molecular complexity index is 905. The SMILES string of the molecule is C=CCn1c(COc2cccc3cccnc23)nnc1SCC(=O)[O-]. The smallest absolute Gasteiger partial charge is 0.191 e. The minimum atomic E-state index is -1.15. The van der Waals surface area contributed by atoms with E-state index in [0.29, 0.717) is 23.3 Å². The number of allylic oxidation sites excluding steroid dienone is 1. The highest BCUT2D eigenvalue weighted by molar-refractivity contribution is 7.99. The van der Waals surface area contributed by atoms with E-state index in [2.05, 4.69) is 21.8 Å². The van der Waals surface area contributed by atoms with Gasteiger partial charge in [-0.2, -0.15) is 0 Å². The Morgan fingerprint density at radius 3 is 2.96 bits per heavy atom. The third-order valence-corrected chi connectivity index (χ3v) is 4.32. The molecular formula is C17H15N4O3S-. The number of aromatic nitrogens is 4. The number of pyridine rings is 1. The second-order valence-electron chi connectivity index (χ2n) is 5.08. The number of carbonyl (C=O) groups is 1. The first kappa shape index (κ1) is 17.0. The molecule has 0 aliphatic rings. The third kappa shape index (κ3) is 3.97. The number of thioether (sulfide) groups is 1. The number of nitrogens with zero attached hydrogens (tertiary/aromatic N) is 4. The Labute approximate surface area is 148 Å². The summed E-state index contributed by atoms with van der Waals surface area (Å²) in [5.41, 5.74) is 0.770. The molecule has 0 unspecified atom stereocenters. The van der Waals surface area contributed by atoms with Crippen LogP contribution in [-0.4, -0.2) is 31.5 Å². The van der Waals surface area contributed by atoms with Gasteiger partial charge in [0.25, 0.3) is 0 Å². The molecule has 128 valence electrons. The fourth-order valence-electron chi connectivity index (χ4n) is 2.30.